The SMILES string of the molecule is CC(NC(=O)CN1C(=O)C(C)(C)Oc2ccc(C(=O)O)cc21)c1ccccc1. The zero-order chi connectivity index (χ0) is 20.5. The number of nitrogens with one attached hydrogen (secondary N) is 1. The van der Waals surface area contributed by atoms with Crippen LogP contribution in [-0.2, 0) is 9.59 Å². The van der Waals surface area contributed by atoms with Gasteiger partial charge in [-0.1, -0.05) is 30.3 Å². The van der Waals surface area contributed by atoms with Gasteiger partial charge in [0.1, 0.15) is 12.3 Å². The van der Waals surface area contributed by atoms with Gasteiger partial charge in [0.15, 0.2) is 5.60 Å². The van der Waals surface area contributed by atoms with E-state index in [-0.39, 0.29) is 29.7 Å². The van der Waals surface area contributed by atoms with E-state index in [1.54, 1.807) is 13.8 Å². The van der Waals surface area contributed by atoms with Gasteiger partial charge in [-0.05, 0) is 44.5 Å². The molecule has 0 saturated heterocycles. The predicted molar refractivity (Wildman–Crippen MR) is 103 cm³/mol. The second-order valence-electron chi connectivity index (χ2n) is 7.19. The molecule has 0 aliphatic carbocycles. The van der Waals surface area contributed by atoms with E-state index in [0.29, 0.717) is 5.75 Å². The normalized spacial score (nSPS) is 16.0. The lowest BCUT2D eigenvalue weighted by Gasteiger charge is -2.38. The Morgan fingerprint density at radius 1 is 1.18 bits per heavy atom. The molecule has 2 aromatic rings. The van der Waals surface area contributed by atoms with Crippen molar-refractivity contribution in [2.75, 3.05) is 11.4 Å². The highest BCUT2D eigenvalue weighted by atomic mass is 16.5. The first-order valence-electron chi connectivity index (χ1n) is 8.91. The molecule has 0 saturated carbocycles. The van der Waals surface area contributed by atoms with Crippen molar-refractivity contribution >= 4 is 23.5 Å². The summed E-state index contributed by atoms with van der Waals surface area (Å²) in [6, 6.07) is 13.5. The zero-order valence-electron chi connectivity index (χ0n) is 15.9. The second kappa shape index (κ2) is 7.34. The molecule has 2 N–H and O–H groups in total. The number of aromatic carboxylic acids is 1. The van der Waals surface area contributed by atoms with E-state index in [1.807, 2.05) is 37.3 Å². The quantitative estimate of drug-likeness (QED) is 0.829. The van der Waals surface area contributed by atoms with Crippen molar-refractivity contribution in [3.63, 3.8) is 0 Å². The van der Waals surface area contributed by atoms with Crippen molar-refractivity contribution in [1.82, 2.24) is 5.32 Å². The fourth-order valence-corrected chi connectivity index (χ4v) is 3.11. The lowest BCUT2D eigenvalue weighted by molar-refractivity contribution is -0.134. The number of hydrogen-bond acceptors (Lipinski definition) is 4. The maximum absolute atomic E-state index is 12.9. The van der Waals surface area contributed by atoms with Crippen LogP contribution in [0.2, 0.25) is 0 Å². The molecule has 2 aromatic carbocycles. The monoisotopic (exact) mass is 382 g/mol. The average molecular weight is 382 g/mol. The lowest BCUT2D eigenvalue weighted by atomic mass is 10.0. The highest BCUT2D eigenvalue weighted by molar-refractivity contribution is 6.06. The number of carbonyl (C=O) groups is 3. The topological polar surface area (TPSA) is 95.9 Å². The largest absolute Gasteiger partial charge is 0.478 e. The molecule has 1 heterocycles. The van der Waals surface area contributed by atoms with E-state index in [2.05, 4.69) is 5.32 Å². The van der Waals surface area contributed by atoms with Crippen LogP contribution in [0, 0.1) is 0 Å². The van der Waals surface area contributed by atoms with Gasteiger partial charge >= 0.3 is 5.97 Å². The Kier molecular flexibility index (Phi) is 5.09. The van der Waals surface area contributed by atoms with Gasteiger partial charge in [-0.15, -0.1) is 0 Å². The molecule has 0 radical (unpaired) electrons. The van der Waals surface area contributed by atoms with E-state index in [4.69, 9.17) is 4.74 Å². The summed E-state index contributed by atoms with van der Waals surface area (Å²) in [6.07, 6.45) is 0. The maximum atomic E-state index is 12.9. The van der Waals surface area contributed by atoms with Crippen LogP contribution in [0.1, 0.15) is 42.7 Å². The number of anilines is 1. The van der Waals surface area contributed by atoms with Gasteiger partial charge in [-0.3, -0.25) is 14.5 Å². The van der Waals surface area contributed by atoms with Gasteiger partial charge in [0.2, 0.25) is 5.91 Å². The summed E-state index contributed by atoms with van der Waals surface area (Å²) in [7, 11) is 0. The minimum absolute atomic E-state index is 0.0120. The predicted octanol–water partition coefficient (Wildman–Crippen LogP) is 2.77. The molecule has 3 rings (SSSR count). The van der Waals surface area contributed by atoms with Crippen LogP contribution in [0.25, 0.3) is 0 Å². The molecule has 1 unspecified atom stereocenters. The molecule has 0 aromatic heterocycles. The van der Waals surface area contributed by atoms with Gasteiger partial charge in [0, 0.05) is 0 Å². The molecule has 7 nitrogen and oxygen atoms in total. The number of ether oxygens (including phenoxy) is 1. The van der Waals surface area contributed by atoms with E-state index >= 15 is 0 Å². The smallest absolute Gasteiger partial charge is 0.335 e. The first-order valence-corrected chi connectivity index (χ1v) is 8.91. The van der Waals surface area contributed by atoms with Crippen LogP contribution >= 0.6 is 0 Å². The van der Waals surface area contributed by atoms with Gasteiger partial charge in [0.05, 0.1) is 17.3 Å². The molecular weight excluding hydrogens is 360 g/mol. The summed E-state index contributed by atoms with van der Waals surface area (Å²) in [4.78, 5) is 38.1. The third kappa shape index (κ3) is 3.83. The van der Waals surface area contributed by atoms with Gasteiger partial charge in [-0.2, -0.15) is 0 Å². The van der Waals surface area contributed by atoms with Crippen LogP contribution in [0.5, 0.6) is 5.75 Å². The minimum atomic E-state index is -1.16. The van der Waals surface area contributed by atoms with Gasteiger partial charge in [0.25, 0.3) is 5.91 Å². The number of amides is 2. The van der Waals surface area contributed by atoms with E-state index < -0.39 is 17.5 Å². The van der Waals surface area contributed by atoms with Crippen LogP contribution in [0.3, 0.4) is 0 Å². The standard InChI is InChI=1S/C21H22N2O5/c1-13(14-7-5-4-6-8-14)22-18(24)12-23-16-11-15(19(25)26)9-10-17(16)28-21(2,3)20(23)27/h4-11,13H,12H2,1-3H3,(H,22,24)(H,25,26). The zero-order valence-corrected chi connectivity index (χ0v) is 15.9. The molecule has 0 spiro atoms. The first-order chi connectivity index (χ1) is 13.2. The van der Waals surface area contributed by atoms with Gasteiger partial charge < -0.3 is 15.2 Å². The average Bonchev–Trinajstić information content (AvgIpc) is 2.65. The molecule has 7 heteroatoms. The molecule has 1 atom stereocenters. The first kappa shape index (κ1) is 19.4. The molecule has 2 amide bonds. The van der Waals surface area contributed by atoms with Crippen molar-refractivity contribution in [3.05, 3.63) is 59.7 Å². The maximum Gasteiger partial charge on any atom is 0.335 e. The van der Waals surface area contributed by atoms with Crippen molar-refractivity contribution in [1.29, 1.82) is 0 Å². The summed E-state index contributed by atoms with van der Waals surface area (Å²) in [5.41, 5.74) is 0.0611. The Labute approximate surface area is 162 Å². The molecular formula is C21H22N2O5. The molecule has 28 heavy (non-hydrogen) atoms. The highest BCUT2D eigenvalue weighted by Gasteiger charge is 2.42. The number of fused-ring (bicyclic) bond motifs is 1. The van der Waals surface area contributed by atoms with Crippen molar-refractivity contribution < 1.29 is 24.2 Å². The Hall–Kier alpha value is -3.35. The lowest BCUT2D eigenvalue weighted by Crippen LogP contribution is -2.55. The molecule has 0 bridgehead atoms. The van der Waals surface area contributed by atoms with Crippen molar-refractivity contribution in [2.24, 2.45) is 0 Å². The summed E-state index contributed by atoms with van der Waals surface area (Å²) < 4.78 is 5.71. The van der Waals surface area contributed by atoms with E-state index in [1.165, 1.54) is 23.1 Å². The van der Waals surface area contributed by atoms with Crippen molar-refractivity contribution in [2.45, 2.75) is 32.4 Å². The third-order valence-electron chi connectivity index (χ3n) is 4.60. The highest BCUT2D eigenvalue weighted by Crippen LogP contribution is 2.38. The van der Waals surface area contributed by atoms with Gasteiger partial charge in [-0.25, -0.2) is 4.79 Å². The number of nitrogens with zero attached hydrogens (tertiary/aromatic N) is 1. The van der Waals surface area contributed by atoms with E-state index in [9.17, 15) is 19.5 Å². The Balaban J connectivity index is 1.85. The molecule has 1 aliphatic heterocycles. The summed E-state index contributed by atoms with van der Waals surface area (Å²) >= 11 is 0. The minimum Gasteiger partial charge on any atom is -0.478 e. The number of benzene rings is 2. The molecule has 1 aliphatic rings. The fraction of sp³-hybridized carbons (Fsp3) is 0.286. The molecule has 146 valence electrons. The van der Waals surface area contributed by atoms with Crippen LogP contribution in [0.15, 0.2) is 48.5 Å². The van der Waals surface area contributed by atoms with Crippen molar-refractivity contribution in [3.8, 4) is 5.75 Å². The fourth-order valence-electron chi connectivity index (χ4n) is 3.11. The Morgan fingerprint density at radius 2 is 1.86 bits per heavy atom. The Bertz CT molecular complexity index is 924. The number of carbonyl (C=O) groups excluding carboxylic acids is 2. The molecule has 0 fully saturated rings. The van der Waals surface area contributed by atoms with E-state index in [0.717, 1.165) is 5.56 Å². The number of hydrogen-bond donors (Lipinski definition) is 2. The second-order valence-corrected chi connectivity index (χ2v) is 7.19. The van der Waals surface area contributed by atoms with Crippen LogP contribution in [-0.4, -0.2) is 35.0 Å². The summed E-state index contributed by atoms with van der Waals surface area (Å²) in [6.45, 7) is 4.84. The number of carboxylic acids is 1. The third-order valence-corrected chi connectivity index (χ3v) is 4.60. The van der Waals surface area contributed by atoms with Crippen LogP contribution < -0.4 is 15.0 Å². The summed E-state index contributed by atoms with van der Waals surface area (Å²) in [5.74, 6) is -1.53. The number of carboxylic acid groups (broad SMARTS) is 1. The summed E-state index contributed by atoms with van der Waals surface area (Å²) in [5, 5.41) is 12.1. The van der Waals surface area contributed by atoms with Crippen LogP contribution in [0.4, 0.5) is 5.69 Å². The number of rotatable bonds is 5. The Morgan fingerprint density at radius 3 is 2.50 bits per heavy atom.